The first-order chi connectivity index (χ1) is 10.7. The first kappa shape index (κ1) is 15.1. The molecule has 0 saturated carbocycles. The molecule has 6 heteroatoms. The van der Waals surface area contributed by atoms with Gasteiger partial charge in [0.15, 0.2) is 0 Å². The maximum Gasteiger partial charge on any atom is 0.254 e. The Kier molecular flexibility index (Phi) is 4.82. The average Bonchev–Trinajstić information content (AvgIpc) is 3.10. The first-order valence-electron chi connectivity index (χ1n) is 7.37. The Balaban J connectivity index is 1.51. The fourth-order valence-corrected chi connectivity index (χ4v) is 3.33. The lowest BCUT2D eigenvalue weighted by atomic mass is 10.2. The molecular formula is C16H19N3O2S. The van der Waals surface area contributed by atoms with Gasteiger partial charge in [-0.3, -0.25) is 14.7 Å². The van der Waals surface area contributed by atoms with Crippen LogP contribution in [-0.4, -0.2) is 58.5 Å². The minimum absolute atomic E-state index is 0.0563. The van der Waals surface area contributed by atoms with Crippen LogP contribution >= 0.6 is 11.3 Å². The van der Waals surface area contributed by atoms with Gasteiger partial charge < -0.3 is 10.0 Å². The van der Waals surface area contributed by atoms with Gasteiger partial charge in [-0.15, -0.1) is 11.3 Å². The molecule has 0 bridgehead atoms. The fourth-order valence-electron chi connectivity index (χ4n) is 2.63. The summed E-state index contributed by atoms with van der Waals surface area (Å²) in [6.07, 6.45) is 2.84. The van der Waals surface area contributed by atoms with E-state index in [-0.39, 0.29) is 5.91 Å². The van der Waals surface area contributed by atoms with E-state index in [1.165, 1.54) is 0 Å². The van der Waals surface area contributed by atoms with Crippen LogP contribution in [0.4, 0.5) is 0 Å². The summed E-state index contributed by atoms with van der Waals surface area (Å²) < 4.78 is 0. The van der Waals surface area contributed by atoms with Gasteiger partial charge in [0.1, 0.15) is 6.10 Å². The van der Waals surface area contributed by atoms with Crippen LogP contribution in [0.25, 0.3) is 0 Å². The minimum Gasteiger partial charge on any atom is -0.386 e. The average molecular weight is 317 g/mol. The number of thiophene rings is 1. The quantitative estimate of drug-likeness (QED) is 0.931. The van der Waals surface area contributed by atoms with E-state index in [1.807, 2.05) is 22.4 Å². The number of piperazine rings is 1. The third-order valence-corrected chi connectivity index (χ3v) is 4.86. The number of aromatic nitrogens is 1. The van der Waals surface area contributed by atoms with Gasteiger partial charge in [-0.25, -0.2) is 0 Å². The second-order valence-corrected chi connectivity index (χ2v) is 6.34. The van der Waals surface area contributed by atoms with Crippen LogP contribution < -0.4 is 0 Å². The predicted octanol–water partition coefficient (Wildman–Crippen LogP) is 1.63. The van der Waals surface area contributed by atoms with Crippen molar-refractivity contribution in [2.24, 2.45) is 0 Å². The number of carbonyl (C=O) groups excluding carboxylic acids is 1. The molecule has 116 valence electrons. The van der Waals surface area contributed by atoms with Crippen LogP contribution in [0.15, 0.2) is 42.0 Å². The van der Waals surface area contributed by atoms with E-state index in [0.29, 0.717) is 25.2 Å². The molecule has 1 fully saturated rings. The summed E-state index contributed by atoms with van der Waals surface area (Å²) in [5, 5.41) is 12.2. The Morgan fingerprint density at radius 1 is 1.23 bits per heavy atom. The molecule has 0 spiro atoms. The molecule has 1 N–H and O–H groups in total. The van der Waals surface area contributed by atoms with Gasteiger partial charge in [0.05, 0.1) is 0 Å². The highest BCUT2D eigenvalue weighted by molar-refractivity contribution is 7.10. The van der Waals surface area contributed by atoms with E-state index in [2.05, 4.69) is 9.88 Å². The third kappa shape index (κ3) is 3.52. The summed E-state index contributed by atoms with van der Waals surface area (Å²) in [5.74, 6) is 0.0563. The molecule has 2 aromatic rings. The molecule has 3 heterocycles. The molecule has 22 heavy (non-hydrogen) atoms. The van der Waals surface area contributed by atoms with Crippen molar-refractivity contribution in [3.05, 3.63) is 52.5 Å². The normalized spacial score (nSPS) is 17.4. The predicted molar refractivity (Wildman–Crippen MR) is 85.9 cm³/mol. The van der Waals surface area contributed by atoms with Crippen LogP contribution in [0.1, 0.15) is 21.3 Å². The van der Waals surface area contributed by atoms with Gasteiger partial charge in [0, 0.05) is 55.6 Å². The van der Waals surface area contributed by atoms with Crippen molar-refractivity contribution in [1.82, 2.24) is 14.8 Å². The molecule has 3 rings (SSSR count). The van der Waals surface area contributed by atoms with Crippen LogP contribution in [0.3, 0.4) is 0 Å². The maximum atomic E-state index is 12.3. The summed E-state index contributed by atoms with van der Waals surface area (Å²) in [7, 11) is 0. The summed E-state index contributed by atoms with van der Waals surface area (Å²) in [5.41, 5.74) is 0.682. The largest absolute Gasteiger partial charge is 0.386 e. The second kappa shape index (κ2) is 7.00. The number of rotatable bonds is 4. The van der Waals surface area contributed by atoms with Crippen molar-refractivity contribution in [3.63, 3.8) is 0 Å². The van der Waals surface area contributed by atoms with Gasteiger partial charge in [-0.1, -0.05) is 6.07 Å². The van der Waals surface area contributed by atoms with E-state index < -0.39 is 6.10 Å². The van der Waals surface area contributed by atoms with E-state index in [9.17, 15) is 9.90 Å². The number of amides is 1. The van der Waals surface area contributed by atoms with E-state index >= 15 is 0 Å². The van der Waals surface area contributed by atoms with Gasteiger partial charge in [-0.05, 0) is 23.6 Å². The summed E-state index contributed by atoms with van der Waals surface area (Å²) in [4.78, 5) is 21.4. The molecule has 1 amide bonds. The van der Waals surface area contributed by atoms with Crippen molar-refractivity contribution >= 4 is 17.2 Å². The van der Waals surface area contributed by atoms with Crippen LogP contribution in [0, 0.1) is 0 Å². The topological polar surface area (TPSA) is 56.7 Å². The first-order valence-corrected chi connectivity index (χ1v) is 8.25. The molecule has 0 unspecified atom stereocenters. The zero-order valence-corrected chi connectivity index (χ0v) is 13.1. The molecule has 2 aromatic heterocycles. The molecule has 1 aliphatic heterocycles. The second-order valence-electron chi connectivity index (χ2n) is 5.36. The maximum absolute atomic E-state index is 12.3. The number of nitrogens with zero attached hydrogens (tertiary/aromatic N) is 3. The highest BCUT2D eigenvalue weighted by atomic mass is 32.1. The van der Waals surface area contributed by atoms with Crippen molar-refractivity contribution in [1.29, 1.82) is 0 Å². The van der Waals surface area contributed by atoms with Gasteiger partial charge >= 0.3 is 0 Å². The van der Waals surface area contributed by atoms with E-state index in [1.54, 1.807) is 35.9 Å². The lowest BCUT2D eigenvalue weighted by Gasteiger charge is -2.35. The van der Waals surface area contributed by atoms with Crippen LogP contribution in [-0.2, 0) is 0 Å². The Bertz CT molecular complexity index is 595. The lowest BCUT2D eigenvalue weighted by Crippen LogP contribution is -2.49. The third-order valence-electron chi connectivity index (χ3n) is 3.89. The smallest absolute Gasteiger partial charge is 0.254 e. The van der Waals surface area contributed by atoms with Gasteiger partial charge in [0.25, 0.3) is 5.91 Å². The van der Waals surface area contributed by atoms with Crippen molar-refractivity contribution in [3.8, 4) is 0 Å². The lowest BCUT2D eigenvalue weighted by molar-refractivity contribution is 0.0532. The SMILES string of the molecule is O=C(c1ccncc1)N1CCN(C[C@H](O)c2cccs2)CC1. The number of carbonyl (C=O) groups is 1. The summed E-state index contributed by atoms with van der Waals surface area (Å²) in [6.45, 7) is 3.59. The zero-order chi connectivity index (χ0) is 15.4. The zero-order valence-electron chi connectivity index (χ0n) is 12.3. The monoisotopic (exact) mass is 317 g/mol. The summed E-state index contributed by atoms with van der Waals surface area (Å²) in [6, 6.07) is 7.40. The minimum atomic E-state index is -0.442. The van der Waals surface area contributed by atoms with Gasteiger partial charge in [0.2, 0.25) is 0 Å². The van der Waals surface area contributed by atoms with E-state index in [4.69, 9.17) is 0 Å². The van der Waals surface area contributed by atoms with Crippen molar-refractivity contribution in [2.45, 2.75) is 6.10 Å². The van der Waals surface area contributed by atoms with Gasteiger partial charge in [-0.2, -0.15) is 0 Å². The number of β-amino-alcohol motifs (C(OH)–C–C–N with tert-alkyl or cyclic N) is 1. The molecule has 1 aliphatic rings. The Labute approximate surface area is 133 Å². The molecule has 1 saturated heterocycles. The molecule has 0 radical (unpaired) electrons. The number of aliphatic hydroxyl groups excluding tert-OH is 1. The molecular weight excluding hydrogens is 298 g/mol. The van der Waals surface area contributed by atoms with E-state index in [0.717, 1.165) is 18.0 Å². The van der Waals surface area contributed by atoms with Crippen LogP contribution in [0.2, 0.25) is 0 Å². The van der Waals surface area contributed by atoms with Crippen molar-refractivity contribution in [2.75, 3.05) is 32.7 Å². The van der Waals surface area contributed by atoms with Crippen LogP contribution in [0.5, 0.6) is 0 Å². The molecule has 5 nitrogen and oxygen atoms in total. The molecule has 0 aromatic carbocycles. The molecule has 1 atom stereocenters. The Morgan fingerprint density at radius 3 is 2.59 bits per heavy atom. The standard InChI is InChI=1S/C16H19N3O2S/c20-14(15-2-1-11-22-15)12-18-7-9-19(10-8-18)16(21)13-3-5-17-6-4-13/h1-6,11,14,20H,7-10,12H2/t14-/m0/s1. The number of pyridine rings is 1. The highest BCUT2D eigenvalue weighted by Crippen LogP contribution is 2.20. The number of aliphatic hydroxyl groups is 1. The fraction of sp³-hybridized carbons (Fsp3) is 0.375. The van der Waals surface area contributed by atoms with Crippen molar-refractivity contribution < 1.29 is 9.90 Å². The highest BCUT2D eigenvalue weighted by Gasteiger charge is 2.23. The summed E-state index contributed by atoms with van der Waals surface area (Å²) >= 11 is 1.58. The molecule has 0 aliphatic carbocycles. The number of hydrogen-bond donors (Lipinski definition) is 1. The Hall–Kier alpha value is -1.76. The Morgan fingerprint density at radius 2 is 1.95 bits per heavy atom. The number of hydrogen-bond acceptors (Lipinski definition) is 5.